The van der Waals surface area contributed by atoms with E-state index in [1.807, 2.05) is 48.6 Å². The van der Waals surface area contributed by atoms with E-state index in [-0.39, 0.29) is 28.9 Å². The molecule has 0 aliphatic carbocycles. The lowest BCUT2D eigenvalue weighted by atomic mass is 9.81. The second-order valence-electron chi connectivity index (χ2n) is 11.5. The van der Waals surface area contributed by atoms with Gasteiger partial charge in [-0.3, -0.25) is 0 Å². The second-order valence-corrected chi connectivity index (χ2v) is 11.5. The Labute approximate surface area is 252 Å². The van der Waals surface area contributed by atoms with Crippen molar-refractivity contribution >= 4 is 30.4 Å². The Balaban J connectivity index is 1.41. The van der Waals surface area contributed by atoms with Crippen LogP contribution in [0.2, 0.25) is 0 Å². The van der Waals surface area contributed by atoms with Gasteiger partial charge in [0.05, 0.1) is 0 Å². The maximum Gasteiger partial charge on any atom is 0.126 e. The van der Waals surface area contributed by atoms with Gasteiger partial charge in [-0.2, -0.15) is 0 Å². The smallest absolute Gasteiger partial charge is 0.126 e. The van der Waals surface area contributed by atoms with Gasteiger partial charge in [-0.05, 0) is 91.6 Å². The standard InChI is InChI=1S/C38H36O5/c1-25(2)18-31-24-38(3,43-37-22-28(10-14-35(31)37)5-4-26-8-12-32(39)13-9-26)17-16-30-19-27(11-15-36(30)42)6-7-29-20-33(40)23-34(41)21-29/h4-23,31,39-42H,24H2,1-3H3/t31-,38-/m1/s1. The highest BCUT2D eigenvalue weighted by molar-refractivity contribution is 5.74. The van der Waals surface area contributed by atoms with Crippen molar-refractivity contribution in [2.45, 2.75) is 38.7 Å². The number of ether oxygens (including phenoxy) is 1. The zero-order chi connectivity index (χ0) is 30.6. The second kappa shape index (κ2) is 12.4. The molecule has 0 saturated carbocycles. The molecule has 0 saturated heterocycles. The minimum absolute atomic E-state index is 0.0109. The molecule has 2 atom stereocenters. The van der Waals surface area contributed by atoms with E-state index >= 15 is 0 Å². The van der Waals surface area contributed by atoms with E-state index in [0.717, 1.165) is 34.4 Å². The van der Waals surface area contributed by atoms with Crippen LogP contribution in [-0.4, -0.2) is 26.0 Å². The van der Waals surface area contributed by atoms with E-state index in [0.29, 0.717) is 11.1 Å². The lowest BCUT2D eigenvalue weighted by Gasteiger charge is -2.37. The van der Waals surface area contributed by atoms with Gasteiger partial charge in [0.25, 0.3) is 0 Å². The topological polar surface area (TPSA) is 90.2 Å². The lowest BCUT2D eigenvalue weighted by molar-refractivity contribution is 0.108. The number of allylic oxidation sites excluding steroid dienone is 2. The van der Waals surface area contributed by atoms with Crippen LogP contribution in [0.25, 0.3) is 30.4 Å². The molecule has 1 aliphatic rings. The summed E-state index contributed by atoms with van der Waals surface area (Å²) in [5.41, 5.74) is 5.91. The zero-order valence-electron chi connectivity index (χ0n) is 24.5. The monoisotopic (exact) mass is 572 g/mol. The fourth-order valence-corrected chi connectivity index (χ4v) is 5.30. The molecule has 218 valence electrons. The molecule has 5 rings (SSSR count). The van der Waals surface area contributed by atoms with Gasteiger partial charge in [0.2, 0.25) is 0 Å². The number of benzene rings is 4. The van der Waals surface area contributed by atoms with E-state index in [1.165, 1.54) is 11.6 Å². The predicted molar refractivity (Wildman–Crippen MR) is 175 cm³/mol. The van der Waals surface area contributed by atoms with E-state index in [9.17, 15) is 20.4 Å². The third kappa shape index (κ3) is 7.57. The molecule has 0 aromatic heterocycles. The Morgan fingerprint density at radius 1 is 0.674 bits per heavy atom. The largest absolute Gasteiger partial charge is 0.508 e. The highest BCUT2D eigenvalue weighted by Crippen LogP contribution is 2.44. The van der Waals surface area contributed by atoms with Crippen molar-refractivity contribution in [1.82, 2.24) is 0 Å². The predicted octanol–water partition coefficient (Wildman–Crippen LogP) is 9.15. The van der Waals surface area contributed by atoms with Crippen LogP contribution in [0.3, 0.4) is 0 Å². The number of hydrogen-bond acceptors (Lipinski definition) is 5. The Bertz CT molecular complexity index is 1720. The Hall–Kier alpha value is -5.16. The molecule has 0 radical (unpaired) electrons. The molecule has 1 aliphatic heterocycles. The van der Waals surface area contributed by atoms with Crippen LogP contribution in [0.5, 0.6) is 28.7 Å². The molecule has 5 nitrogen and oxygen atoms in total. The maximum atomic E-state index is 10.6. The number of fused-ring (bicyclic) bond motifs is 1. The van der Waals surface area contributed by atoms with Gasteiger partial charge in [0.1, 0.15) is 34.3 Å². The summed E-state index contributed by atoms with van der Waals surface area (Å²) in [6, 6.07) is 23.1. The van der Waals surface area contributed by atoms with Crippen molar-refractivity contribution in [3.05, 3.63) is 130 Å². The first kappa shape index (κ1) is 29.3. The normalized spacial score (nSPS) is 18.2. The number of aromatic hydroxyl groups is 4. The molecule has 0 bridgehead atoms. The fraction of sp³-hybridized carbons (Fsp3) is 0.158. The van der Waals surface area contributed by atoms with E-state index < -0.39 is 5.60 Å². The molecule has 4 aromatic carbocycles. The van der Waals surface area contributed by atoms with Crippen LogP contribution in [0.15, 0.2) is 96.6 Å². The molecule has 1 heterocycles. The van der Waals surface area contributed by atoms with Gasteiger partial charge in [-0.15, -0.1) is 0 Å². The molecule has 0 fully saturated rings. The summed E-state index contributed by atoms with van der Waals surface area (Å²) < 4.78 is 6.63. The molecule has 43 heavy (non-hydrogen) atoms. The Morgan fingerprint density at radius 3 is 1.98 bits per heavy atom. The minimum Gasteiger partial charge on any atom is -0.508 e. The third-order valence-corrected chi connectivity index (χ3v) is 7.36. The number of phenols is 4. The van der Waals surface area contributed by atoms with Gasteiger partial charge >= 0.3 is 0 Å². The number of rotatable bonds is 7. The average molecular weight is 573 g/mol. The van der Waals surface area contributed by atoms with E-state index in [1.54, 1.807) is 42.5 Å². The summed E-state index contributed by atoms with van der Waals surface area (Å²) in [7, 11) is 0. The fourth-order valence-electron chi connectivity index (χ4n) is 5.30. The highest BCUT2D eigenvalue weighted by atomic mass is 16.5. The van der Waals surface area contributed by atoms with E-state index in [2.05, 4.69) is 45.0 Å². The van der Waals surface area contributed by atoms with Crippen LogP contribution >= 0.6 is 0 Å². The van der Waals surface area contributed by atoms with Crippen molar-refractivity contribution in [3.8, 4) is 28.7 Å². The Morgan fingerprint density at radius 2 is 1.28 bits per heavy atom. The van der Waals surface area contributed by atoms with Gasteiger partial charge in [0.15, 0.2) is 0 Å². The molecule has 0 unspecified atom stereocenters. The molecular formula is C38H36O5. The summed E-state index contributed by atoms with van der Waals surface area (Å²) in [6.07, 6.45) is 14.6. The van der Waals surface area contributed by atoms with Crippen LogP contribution in [-0.2, 0) is 0 Å². The zero-order valence-corrected chi connectivity index (χ0v) is 24.5. The minimum atomic E-state index is -0.625. The lowest BCUT2D eigenvalue weighted by Crippen LogP contribution is -2.35. The number of phenolic OH excluding ortho intramolecular Hbond substituents is 4. The molecular weight excluding hydrogens is 536 g/mol. The van der Waals surface area contributed by atoms with Gasteiger partial charge in [0, 0.05) is 29.5 Å². The van der Waals surface area contributed by atoms with E-state index in [4.69, 9.17) is 4.74 Å². The van der Waals surface area contributed by atoms with Crippen LogP contribution < -0.4 is 4.74 Å². The summed E-state index contributed by atoms with van der Waals surface area (Å²) in [5, 5.41) is 39.7. The van der Waals surface area contributed by atoms with Crippen LogP contribution in [0.4, 0.5) is 0 Å². The van der Waals surface area contributed by atoms with Crippen molar-refractivity contribution in [1.29, 1.82) is 0 Å². The number of hydrogen-bond donors (Lipinski definition) is 4. The van der Waals surface area contributed by atoms with Crippen molar-refractivity contribution in [2.24, 2.45) is 0 Å². The van der Waals surface area contributed by atoms with Gasteiger partial charge < -0.3 is 25.2 Å². The molecule has 5 heteroatoms. The molecule has 0 amide bonds. The quantitative estimate of drug-likeness (QED) is 0.131. The first-order chi connectivity index (χ1) is 20.5. The summed E-state index contributed by atoms with van der Waals surface area (Å²) >= 11 is 0. The summed E-state index contributed by atoms with van der Waals surface area (Å²) in [4.78, 5) is 0. The van der Waals surface area contributed by atoms with Gasteiger partial charge in [-0.25, -0.2) is 0 Å². The molecule has 0 spiro atoms. The molecule has 4 aromatic rings. The van der Waals surface area contributed by atoms with Crippen molar-refractivity contribution in [3.63, 3.8) is 0 Å². The highest BCUT2D eigenvalue weighted by Gasteiger charge is 2.34. The first-order valence-corrected chi connectivity index (χ1v) is 14.2. The summed E-state index contributed by atoms with van der Waals surface area (Å²) in [6.45, 7) is 6.27. The van der Waals surface area contributed by atoms with Crippen LogP contribution in [0.1, 0.15) is 66.5 Å². The molecule has 4 N–H and O–H groups in total. The Kier molecular flexibility index (Phi) is 8.44. The van der Waals surface area contributed by atoms with Crippen molar-refractivity contribution < 1.29 is 25.2 Å². The average Bonchev–Trinajstić information content (AvgIpc) is 2.95. The first-order valence-electron chi connectivity index (χ1n) is 14.2. The SMILES string of the molecule is CC(C)=C[C@@H]1C[C@@](C)(C=Cc2cc(C=Cc3cc(O)cc(O)c3)ccc2O)Oc2cc(C=Cc3ccc(O)cc3)ccc21. The van der Waals surface area contributed by atoms with Gasteiger partial charge in [-0.1, -0.05) is 72.4 Å². The third-order valence-electron chi connectivity index (χ3n) is 7.36. The maximum absolute atomic E-state index is 10.6. The van der Waals surface area contributed by atoms with Crippen LogP contribution in [0, 0.1) is 0 Å². The van der Waals surface area contributed by atoms with Crippen molar-refractivity contribution in [2.75, 3.05) is 0 Å². The summed E-state index contributed by atoms with van der Waals surface area (Å²) in [5.74, 6) is 1.36.